The Morgan fingerprint density at radius 1 is 1.29 bits per heavy atom. The van der Waals surface area contributed by atoms with Gasteiger partial charge in [0.1, 0.15) is 0 Å². The van der Waals surface area contributed by atoms with Crippen molar-refractivity contribution < 1.29 is 19.3 Å². The lowest BCUT2D eigenvalue weighted by atomic mass is 10.1. The molecule has 1 aromatic rings. The SMILES string of the molecule is CCOc1cccc(CNCCOC)c1OCC(C)CO. The van der Waals surface area contributed by atoms with Gasteiger partial charge in [0.25, 0.3) is 0 Å². The number of methoxy groups -OCH3 is 1. The van der Waals surface area contributed by atoms with Gasteiger partial charge in [-0.15, -0.1) is 0 Å². The molecule has 0 radical (unpaired) electrons. The normalized spacial score (nSPS) is 12.2. The van der Waals surface area contributed by atoms with Crippen LogP contribution in [0.4, 0.5) is 0 Å². The van der Waals surface area contributed by atoms with Crippen LogP contribution in [0.3, 0.4) is 0 Å². The average Bonchev–Trinajstić information content (AvgIpc) is 2.50. The lowest BCUT2D eigenvalue weighted by molar-refractivity contribution is 0.168. The van der Waals surface area contributed by atoms with Crippen LogP contribution < -0.4 is 14.8 Å². The summed E-state index contributed by atoms with van der Waals surface area (Å²) in [6.07, 6.45) is 0. The van der Waals surface area contributed by atoms with Gasteiger partial charge in [-0.05, 0) is 13.0 Å². The molecular formula is C16H27NO4. The van der Waals surface area contributed by atoms with Crippen molar-refractivity contribution in [3.05, 3.63) is 23.8 Å². The van der Waals surface area contributed by atoms with Crippen molar-refractivity contribution >= 4 is 0 Å². The molecule has 2 N–H and O–H groups in total. The molecule has 0 aliphatic carbocycles. The molecule has 120 valence electrons. The van der Waals surface area contributed by atoms with Crippen LogP contribution >= 0.6 is 0 Å². The predicted molar refractivity (Wildman–Crippen MR) is 82.9 cm³/mol. The number of aliphatic hydroxyl groups is 1. The van der Waals surface area contributed by atoms with Crippen LogP contribution in [-0.4, -0.2) is 45.2 Å². The van der Waals surface area contributed by atoms with Crippen molar-refractivity contribution in [3.63, 3.8) is 0 Å². The summed E-state index contributed by atoms with van der Waals surface area (Å²) in [6.45, 7) is 7.19. The Balaban J connectivity index is 2.76. The molecule has 1 unspecified atom stereocenters. The van der Waals surface area contributed by atoms with Gasteiger partial charge in [0.15, 0.2) is 11.5 Å². The van der Waals surface area contributed by atoms with Gasteiger partial charge in [0.05, 0.1) is 19.8 Å². The van der Waals surface area contributed by atoms with Gasteiger partial charge in [0.2, 0.25) is 0 Å². The number of para-hydroxylation sites is 1. The highest BCUT2D eigenvalue weighted by Gasteiger charge is 2.12. The molecule has 0 amide bonds. The van der Waals surface area contributed by atoms with E-state index in [0.29, 0.717) is 26.4 Å². The fraction of sp³-hybridized carbons (Fsp3) is 0.625. The third-order valence-corrected chi connectivity index (χ3v) is 2.98. The summed E-state index contributed by atoms with van der Waals surface area (Å²) in [5.74, 6) is 1.59. The lowest BCUT2D eigenvalue weighted by Crippen LogP contribution is -2.20. The molecule has 0 fully saturated rings. The van der Waals surface area contributed by atoms with E-state index in [-0.39, 0.29) is 12.5 Å². The molecule has 0 aromatic heterocycles. The summed E-state index contributed by atoms with van der Waals surface area (Å²) in [4.78, 5) is 0. The summed E-state index contributed by atoms with van der Waals surface area (Å²) in [5, 5.41) is 12.4. The molecule has 5 heteroatoms. The molecule has 1 rings (SSSR count). The third-order valence-electron chi connectivity index (χ3n) is 2.98. The average molecular weight is 297 g/mol. The first-order chi connectivity index (χ1) is 10.2. The Labute approximate surface area is 127 Å². The van der Waals surface area contributed by atoms with E-state index in [4.69, 9.17) is 19.3 Å². The van der Waals surface area contributed by atoms with Crippen molar-refractivity contribution in [2.24, 2.45) is 5.92 Å². The van der Waals surface area contributed by atoms with E-state index in [1.165, 1.54) is 0 Å². The molecule has 0 aliphatic rings. The van der Waals surface area contributed by atoms with Crippen LogP contribution in [0.25, 0.3) is 0 Å². The Hall–Kier alpha value is -1.30. The second-order valence-corrected chi connectivity index (χ2v) is 4.95. The summed E-state index contributed by atoms with van der Waals surface area (Å²) in [6, 6.07) is 5.88. The molecule has 0 aliphatic heterocycles. The zero-order valence-electron chi connectivity index (χ0n) is 13.2. The molecule has 5 nitrogen and oxygen atoms in total. The molecule has 21 heavy (non-hydrogen) atoms. The molecule has 1 aromatic carbocycles. The highest BCUT2D eigenvalue weighted by molar-refractivity contribution is 5.46. The van der Waals surface area contributed by atoms with Crippen LogP contribution in [0.5, 0.6) is 11.5 Å². The van der Waals surface area contributed by atoms with Crippen molar-refractivity contribution in [3.8, 4) is 11.5 Å². The number of nitrogens with one attached hydrogen (secondary N) is 1. The topological polar surface area (TPSA) is 60.0 Å². The number of hydrogen-bond donors (Lipinski definition) is 2. The smallest absolute Gasteiger partial charge is 0.165 e. The highest BCUT2D eigenvalue weighted by Crippen LogP contribution is 2.31. The predicted octanol–water partition coefficient (Wildman–Crippen LogP) is 1.83. The first kappa shape index (κ1) is 17.8. The maximum absolute atomic E-state index is 9.12. The van der Waals surface area contributed by atoms with Gasteiger partial charge in [-0.3, -0.25) is 0 Å². The monoisotopic (exact) mass is 297 g/mol. The molecule has 0 saturated carbocycles. The van der Waals surface area contributed by atoms with Crippen molar-refractivity contribution in [1.29, 1.82) is 0 Å². The lowest BCUT2D eigenvalue weighted by Gasteiger charge is -2.18. The second kappa shape index (κ2) is 10.4. The minimum absolute atomic E-state index is 0.0917. The maximum atomic E-state index is 9.12. The highest BCUT2D eigenvalue weighted by atomic mass is 16.5. The van der Waals surface area contributed by atoms with Crippen molar-refractivity contribution in [1.82, 2.24) is 5.32 Å². The van der Waals surface area contributed by atoms with E-state index >= 15 is 0 Å². The number of ether oxygens (including phenoxy) is 3. The van der Waals surface area contributed by atoms with Gasteiger partial charge in [-0.2, -0.15) is 0 Å². The van der Waals surface area contributed by atoms with Crippen LogP contribution in [0.15, 0.2) is 18.2 Å². The van der Waals surface area contributed by atoms with Crippen LogP contribution in [-0.2, 0) is 11.3 Å². The van der Waals surface area contributed by atoms with E-state index in [9.17, 15) is 0 Å². The summed E-state index contributed by atoms with van der Waals surface area (Å²) in [5.41, 5.74) is 1.04. The molecule has 0 bridgehead atoms. The van der Waals surface area contributed by atoms with Gasteiger partial charge in [-0.25, -0.2) is 0 Å². The first-order valence-corrected chi connectivity index (χ1v) is 7.40. The quantitative estimate of drug-likeness (QED) is 0.610. The second-order valence-electron chi connectivity index (χ2n) is 4.95. The molecule has 0 saturated heterocycles. The van der Waals surface area contributed by atoms with Crippen LogP contribution in [0.2, 0.25) is 0 Å². The fourth-order valence-corrected chi connectivity index (χ4v) is 1.81. The minimum atomic E-state index is 0.0917. The third kappa shape index (κ3) is 6.33. The van der Waals surface area contributed by atoms with E-state index in [1.807, 2.05) is 32.0 Å². The van der Waals surface area contributed by atoms with Gasteiger partial charge in [0, 0.05) is 38.3 Å². The van der Waals surface area contributed by atoms with Gasteiger partial charge >= 0.3 is 0 Å². The van der Waals surface area contributed by atoms with E-state index in [1.54, 1.807) is 7.11 Å². The van der Waals surface area contributed by atoms with E-state index in [2.05, 4.69) is 5.32 Å². The maximum Gasteiger partial charge on any atom is 0.165 e. The fourth-order valence-electron chi connectivity index (χ4n) is 1.81. The molecule has 0 heterocycles. The van der Waals surface area contributed by atoms with Crippen LogP contribution in [0.1, 0.15) is 19.4 Å². The Kier molecular flexibility index (Phi) is 8.82. The largest absolute Gasteiger partial charge is 0.490 e. The van der Waals surface area contributed by atoms with Gasteiger partial charge in [-0.1, -0.05) is 19.1 Å². The number of rotatable bonds is 11. The molecular weight excluding hydrogens is 270 g/mol. The molecule has 0 spiro atoms. The van der Waals surface area contributed by atoms with Crippen molar-refractivity contribution in [2.45, 2.75) is 20.4 Å². The zero-order chi connectivity index (χ0) is 15.5. The summed E-state index contributed by atoms with van der Waals surface area (Å²) < 4.78 is 16.5. The first-order valence-electron chi connectivity index (χ1n) is 7.40. The number of hydrogen-bond acceptors (Lipinski definition) is 5. The number of benzene rings is 1. The minimum Gasteiger partial charge on any atom is -0.490 e. The van der Waals surface area contributed by atoms with Crippen molar-refractivity contribution in [2.75, 3.05) is 40.1 Å². The number of aliphatic hydroxyl groups excluding tert-OH is 1. The summed E-state index contributed by atoms with van der Waals surface area (Å²) >= 11 is 0. The van der Waals surface area contributed by atoms with E-state index < -0.39 is 0 Å². The Morgan fingerprint density at radius 2 is 2.10 bits per heavy atom. The summed E-state index contributed by atoms with van der Waals surface area (Å²) in [7, 11) is 1.68. The zero-order valence-corrected chi connectivity index (χ0v) is 13.2. The molecule has 1 atom stereocenters. The standard InChI is InChI=1S/C16H27NO4/c1-4-20-15-7-5-6-14(10-17-8-9-19-3)16(15)21-12-13(2)11-18/h5-7,13,17-18H,4,8-12H2,1-3H3. The van der Waals surface area contributed by atoms with E-state index in [0.717, 1.165) is 23.6 Å². The Bertz CT molecular complexity index is 398. The Morgan fingerprint density at radius 3 is 2.76 bits per heavy atom. The van der Waals surface area contributed by atoms with Crippen LogP contribution in [0, 0.1) is 5.92 Å². The van der Waals surface area contributed by atoms with Gasteiger partial charge < -0.3 is 24.6 Å².